The summed E-state index contributed by atoms with van der Waals surface area (Å²) in [5.74, 6) is -0.385. The number of rotatable bonds is 4. The summed E-state index contributed by atoms with van der Waals surface area (Å²) in [7, 11) is 0. The van der Waals surface area contributed by atoms with E-state index >= 15 is 0 Å². The quantitative estimate of drug-likeness (QED) is 0.466. The number of halogens is 2. The number of nitrogens with zero attached hydrogens (tertiary/aromatic N) is 2. The summed E-state index contributed by atoms with van der Waals surface area (Å²) in [6, 6.07) is 11.3. The van der Waals surface area contributed by atoms with Gasteiger partial charge in [0.1, 0.15) is 0 Å². The Morgan fingerprint density at radius 2 is 1.90 bits per heavy atom. The molecule has 1 amide bonds. The molecule has 0 atom stereocenters. The number of carbonyl (C=O) groups is 1. The van der Waals surface area contributed by atoms with Gasteiger partial charge in [0.25, 0.3) is 5.91 Å². The Hall–Kier alpha value is -2.30. The molecule has 6 heteroatoms. The van der Waals surface area contributed by atoms with Crippen LogP contribution < -0.4 is 10.3 Å². The molecule has 0 aromatic heterocycles. The van der Waals surface area contributed by atoms with Gasteiger partial charge in [-0.2, -0.15) is 5.10 Å². The van der Waals surface area contributed by atoms with Crippen LogP contribution in [0.3, 0.4) is 0 Å². The molecule has 1 N–H and O–H groups in total. The molecule has 0 fully saturated rings. The van der Waals surface area contributed by atoms with E-state index in [2.05, 4.69) is 68.3 Å². The number of hydrogen-bond donors (Lipinski definition) is 1. The lowest BCUT2D eigenvalue weighted by atomic mass is 9.87. The van der Waals surface area contributed by atoms with Gasteiger partial charge in [0.2, 0.25) is 0 Å². The average Bonchev–Trinajstić information content (AvgIpc) is 2.61. The molecule has 0 spiro atoms. The summed E-state index contributed by atoms with van der Waals surface area (Å²) in [5, 5.41) is 4.85. The topological polar surface area (TPSA) is 44.7 Å². The van der Waals surface area contributed by atoms with Crippen molar-refractivity contribution >= 4 is 46.6 Å². The fourth-order valence-electron chi connectivity index (χ4n) is 3.99. The van der Waals surface area contributed by atoms with Crippen LogP contribution in [0, 0.1) is 0 Å². The summed E-state index contributed by atoms with van der Waals surface area (Å²) >= 11 is 11.9. The monoisotopic (exact) mass is 429 g/mol. The van der Waals surface area contributed by atoms with E-state index in [1.165, 1.54) is 22.9 Å². The average molecular weight is 430 g/mol. The van der Waals surface area contributed by atoms with Crippen LogP contribution in [0.15, 0.2) is 47.6 Å². The molecule has 3 rings (SSSR count). The maximum Gasteiger partial charge on any atom is 0.272 e. The molecular formula is C23H25Cl2N3O. The standard InChI is InChI=1S/C23H25Cl2N3O/c1-14(2)28-21-9-6-16(10-19(21)15(3)12-23(28,4)5)13-26-27-22(29)18-8-7-17(24)11-20(18)25/h6-14H,1-5H3,(H,27,29)/b26-13-. The second-order valence-electron chi connectivity index (χ2n) is 8.04. The van der Waals surface area contributed by atoms with Gasteiger partial charge in [-0.1, -0.05) is 35.3 Å². The van der Waals surface area contributed by atoms with Crippen LogP contribution in [0.4, 0.5) is 5.69 Å². The van der Waals surface area contributed by atoms with Gasteiger partial charge in [-0.3, -0.25) is 4.79 Å². The van der Waals surface area contributed by atoms with Crippen LogP contribution in [0.5, 0.6) is 0 Å². The van der Waals surface area contributed by atoms with E-state index in [1.807, 2.05) is 6.07 Å². The zero-order chi connectivity index (χ0) is 21.3. The molecule has 0 unspecified atom stereocenters. The van der Waals surface area contributed by atoms with Crippen LogP contribution in [0.25, 0.3) is 5.57 Å². The Labute approximate surface area is 182 Å². The Morgan fingerprint density at radius 3 is 2.55 bits per heavy atom. The first-order chi connectivity index (χ1) is 13.6. The predicted molar refractivity (Wildman–Crippen MR) is 123 cm³/mol. The number of hydrazone groups is 1. The zero-order valence-corrected chi connectivity index (χ0v) is 18.8. The second-order valence-corrected chi connectivity index (χ2v) is 8.89. The van der Waals surface area contributed by atoms with E-state index in [0.29, 0.717) is 16.6 Å². The largest absolute Gasteiger partial charge is 0.360 e. The number of nitrogens with one attached hydrogen (secondary N) is 1. The van der Waals surface area contributed by atoms with Crippen molar-refractivity contribution in [3.63, 3.8) is 0 Å². The normalized spacial score (nSPS) is 15.4. The Balaban J connectivity index is 1.81. The number of amides is 1. The molecule has 0 aliphatic carbocycles. The number of allylic oxidation sites excluding steroid dienone is 1. The molecule has 152 valence electrons. The minimum absolute atomic E-state index is 0.0489. The van der Waals surface area contributed by atoms with Crippen LogP contribution >= 0.6 is 23.2 Å². The number of carbonyl (C=O) groups excluding carboxylic acids is 1. The Bertz CT molecular complexity index is 1010. The third kappa shape index (κ3) is 4.49. The second kappa shape index (κ2) is 8.21. The molecule has 0 saturated heterocycles. The molecule has 1 heterocycles. The number of anilines is 1. The lowest BCUT2D eigenvalue weighted by molar-refractivity contribution is 0.0955. The SMILES string of the molecule is CC1=CC(C)(C)N(C(C)C)c2ccc(/C=N\NC(=O)c3ccc(Cl)cc3Cl)cc21. The van der Waals surface area contributed by atoms with Crippen molar-refractivity contribution in [2.45, 2.75) is 46.2 Å². The van der Waals surface area contributed by atoms with E-state index in [1.54, 1.807) is 18.3 Å². The first kappa shape index (κ1) is 21.4. The van der Waals surface area contributed by atoms with Crippen molar-refractivity contribution in [3.05, 3.63) is 69.2 Å². The van der Waals surface area contributed by atoms with E-state index in [0.717, 1.165) is 5.56 Å². The van der Waals surface area contributed by atoms with Crippen LogP contribution in [-0.4, -0.2) is 23.7 Å². The summed E-state index contributed by atoms with van der Waals surface area (Å²) in [5.41, 5.74) is 7.31. The minimum Gasteiger partial charge on any atom is -0.360 e. The first-order valence-electron chi connectivity index (χ1n) is 9.52. The van der Waals surface area contributed by atoms with Gasteiger partial charge in [0.05, 0.1) is 22.3 Å². The summed E-state index contributed by atoms with van der Waals surface area (Å²) in [6.45, 7) is 11.0. The van der Waals surface area contributed by atoms with Crippen LogP contribution in [0.1, 0.15) is 56.1 Å². The van der Waals surface area contributed by atoms with E-state index in [-0.39, 0.29) is 16.5 Å². The Morgan fingerprint density at radius 1 is 1.17 bits per heavy atom. The number of hydrogen-bond acceptors (Lipinski definition) is 3. The maximum absolute atomic E-state index is 12.3. The van der Waals surface area contributed by atoms with E-state index in [4.69, 9.17) is 23.2 Å². The maximum atomic E-state index is 12.3. The highest BCUT2D eigenvalue weighted by atomic mass is 35.5. The molecule has 0 saturated carbocycles. The highest BCUT2D eigenvalue weighted by molar-refractivity contribution is 6.36. The smallest absolute Gasteiger partial charge is 0.272 e. The molecule has 1 aliphatic heterocycles. The van der Waals surface area contributed by atoms with Crippen LogP contribution in [0.2, 0.25) is 10.0 Å². The zero-order valence-electron chi connectivity index (χ0n) is 17.3. The van der Waals surface area contributed by atoms with Crippen molar-refractivity contribution in [3.8, 4) is 0 Å². The van der Waals surface area contributed by atoms with Crippen LogP contribution in [-0.2, 0) is 0 Å². The molecule has 0 radical (unpaired) electrons. The van der Waals surface area contributed by atoms with Crippen molar-refractivity contribution < 1.29 is 4.79 Å². The Kier molecular flexibility index (Phi) is 6.06. The van der Waals surface area contributed by atoms with E-state index < -0.39 is 0 Å². The number of benzene rings is 2. The fourth-order valence-corrected chi connectivity index (χ4v) is 4.48. The summed E-state index contributed by atoms with van der Waals surface area (Å²) < 4.78 is 0. The molecule has 2 aromatic rings. The first-order valence-corrected chi connectivity index (χ1v) is 10.3. The molecule has 1 aliphatic rings. The van der Waals surface area contributed by atoms with Crippen molar-refractivity contribution in [1.29, 1.82) is 0 Å². The molecular weight excluding hydrogens is 405 g/mol. The third-order valence-electron chi connectivity index (χ3n) is 4.97. The van der Waals surface area contributed by atoms with Gasteiger partial charge < -0.3 is 4.90 Å². The van der Waals surface area contributed by atoms with Gasteiger partial charge in [0.15, 0.2) is 0 Å². The summed E-state index contributed by atoms with van der Waals surface area (Å²) in [4.78, 5) is 14.7. The van der Waals surface area contributed by atoms with Gasteiger partial charge in [0, 0.05) is 22.3 Å². The van der Waals surface area contributed by atoms with Crippen molar-refractivity contribution in [2.24, 2.45) is 5.10 Å². The lowest BCUT2D eigenvalue weighted by Crippen LogP contribution is -2.49. The number of fused-ring (bicyclic) bond motifs is 1. The molecule has 4 nitrogen and oxygen atoms in total. The van der Waals surface area contributed by atoms with Gasteiger partial charge in [-0.05, 0) is 76.1 Å². The van der Waals surface area contributed by atoms with Crippen molar-refractivity contribution in [2.75, 3.05) is 4.90 Å². The minimum atomic E-state index is -0.385. The van der Waals surface area contributed by atoms with Gasteiger partial charge in [-0.15, -0.1) is 0 Å². The molecule has 2 aromatic carbocycles. The van der Waals surface area contributed by atoms with Gasteiger partial charge >= 0.3 is 0 Å². The highest BCUT2D eigenvalue weighted by Crippen LogP contribution is 2.40. The lowest BCUT2D eigenvalue weighted by Gasteiger charge is -2.46. The molecule has 29 heavy (non-hydrogen) atoms. The predicted octanol–water partition coefficient (Wildman–Crippen LogP) is 6.17. The van der Waals surface area contributed by atoms with E-state index in [9.17, 15) is 4.79 Å². The molecule has 0 bridgehead atoms. The highest BCUT2D eigenvalue weighted by Gasteiger charge is 2.32. The summed E-state index contributed by atoms with van der Waals surface area (Å²) in [6.07, 6.45) is 3.93. The third-order valence-corrected chi connectivity index (χ3v) is 5.52. The van der Waals surface area contributed by atoms with Crippen molar-refractivity contribution in [1.82, 2.24) is 5.43 Å². The fraction of sp³-hybridized carbons (Fsp3) is 0.304. The van der Waals surface area contributed by atoms with Gasteiger partial charge in [-0.25, -0.2) is 5.43 Å².